The Morgan fingerprint density at radius 2 is 2.31 bits per heavy atom. The second-order valence-corrected chi connectivity index (χ2v) is 4.49. The molecule has 1 saturated carbocycles. The van der Waals surface area contributed by atoms with Crippen LogP contribution < -0.4 is 5.32 Å². The van der Waals surface area contributed by atoms with E-state index in [2.05, 4.69) is 17.2 Å². The molecule has 5 heteroatoms. The second-order valence-electron chi connectivity index (χ2n) is 4.49. The van der Waals surface area contributed by atoms with Crippen molar-refractivity contribution in [3.8, 4) is 0 Å². The van der Waals surface area contributed by atoms with Crippen molar-refractivity contribution >= 4 is 0 Å². The SMILES string of the molecule is CC(CC1CC1)NCc1nccn1C(F)F. The van der Waals surface area contributed by atoms with Gasteiger partial charge in [-0.3, -0.25) is 4.57 Å². The van der Waals surface area contributed by atoms with Gasteiger partial charge in [0, 0.05) is 18.4 Å². The molecule has 3 nitrogen and oxygen atoms in total. The molecule has 0 aliphatic heterocycles. The number of rotatable bonds is 6. The van der Waals surface area contributed by atoms with Crippen LogP contribution in [0.25, 0.3) is 0 Å². The number of imidazole rings is 1. The van der Waals surface area contributed by atoms with Crippen molar-refractivity contribution in [2.45, 2.75) is 45.3 Å². The molecule has 0 spiro atoms. The van der Waals surface area contributed by atoms with E-state index in [-0.39, 0.29) is 0 Å². The van der Waals surface area contributed by atoms with Crippen molar-refractivity contribution in [2.24, 2.45) is 5.92 Å². The van der Waals surface area contributed by atoms with Gasteiger partial charge in [-0.1, -0.05) is 12.8 Å². The minimum absolute atomic E-state index is 0.371. The van der Waals surface area contributed by atoms with Crippen molar-refractivity contribution in [1.82, 2.24) is 14.9 Å². The van der Waals surface area contributed by atoms with E-state index in [1.165, 1.54) is 25.2 Å². The molecule has 1 atom stereocenters. The first-order valence-electron chi connectivity index (χ1n) is 5.70. The minimum atomic E-state index is -2.50. The zero-order valence-electron chi connectivity index (χ0n) is 9.37. The smallest absolute Gasteiger partial charge is 0.307 e. The average Bonchev–Trinajstić information content (AvgIpc) is 2.91. The fourth-order valence-electron chi connectivity index (χ4n) is 1.86. The van der Waals surface area contributed by atoms with Gasteiger partial charge in [0.05, 0.1) is 6.54 Å². The van der Waals surface area contributed by atoms with Gasteiger partial charge in [0.15, 0.2) is 0 Å². The molecule has 1 aliphatic carbocycles. The predicted octanol–water partition coefficient (Wildman–Crippen LogP) is 2.56. The summed E-state index contributed by atoms with van der Waals surface area (Å²) in [6, 6.07) is 0.371. The molecule has 0 saturated heterocycles. The number of hydrogen-bond acceptors (Lipinski definition) is 2. The third kappa shape index (κ3) is 3.01. The molecule has 0 aromatic carbocycles. The Morgan fingerprint density at radius 1 is 1.56 bits per heavy atom. The lowest BCUT2D eigenvalue weighted by Gasteiger charge is -2.13. The highest BCUT2D eigenvalue weighted by Gasteiger charge is 2.23. The van der Waals surface area contributed by atoms with Crippen LogP contribution in [-0.2, 0) is 6.54 Å². The highest BCUT2D eigenvalue weighted by molar-refractivity contribution is 4.93. The summed E-state index contributed by atoms with van der Waals surface area (Å²) in [6.07, 6.45) is 6.49. The van der Waals surface area contributed by atoms with Crippen LogP contribution in [0.1, 0.15) is 38.6 Å². The molecule has 0 radical (unpaired) electrons. The zero-order valence-corrected chi connectivity index (χ0v) is 9.37. The van der Waals surface area contributed by atoms with Gasteiger partial charge in [0.2, 0.25) is 0 Å². The maximum Gasteiger partial charge on any atom is 0.319 e. The summed E-state index contributed by atoms with van der Waals surface area (Å²) >= 11 is 0. The molecule has 16 heavy (non-hydrogen) atoms. The Hall–Kier alpha value is -0.970. The van der Waals surface area contributed by atoms with Crippen molar-refractivity contribution in [3.05, 3.63) is 18.2 Å². The van der Waals surface area contributed by atoms with Crippen LogP contribution in [0.5, 0.6) is 0 Å². The van der Waals surface area contributed by atoms with Gasteiger partial charge in [-0.15, -0.1) is 0 Å². The van der Waals surface area contributed by atoms with Gasteiger partial charge in [-0.2, -0.15) is 8.78 Å². The Labute approximate surface area is 93.9 Å². The molecule has 1 fully saturated rings. The lowest BCUT2D eigenvalue weighted by molar-refractivity contribution is 0.0664. The van der Waals surface area contributed by atoms with Crippen LogP contribution in [-0.4, -0.2) is 15.6 Å². The number of aromatic nitrogens is 2. The summed E-state index contributed by atoms with van der Waals surface area (Å²) in [7, 11) is 0. The van der Waals surface area contributed by atoms with E-state index in [1.807, 2.05) is 0 Å². The Morgan fingerprint density at radius 3 is 2.94 bits per heavy atom. The summed E-state index contributed by atoms with van der Waals surface area (Å²) in [5.41, 5.74) is 0. The van der Waals surface area contributed by atoms with E-state index in [0.29, 0.717) is 18.4 Å². The van der Waals surface area contributed by atoms with Crippen molar-refractivity contribution in [3.63, 3.8) is 0 Å². The fourth-order valence-corrected chi connectivity index (χ4v) is 1.86. The molecule has 1 aliphatic rings. The molecule has 0 bridgehead atoms. The third-order valence-electron chi connectivity index (χ3n) is 2.95. The van der Waals surface area contributed by atoms with Gasteiger partial charge in [0.25, 0.3) is 0 Å². The van der Waals surface area contributed by atoms with Gasteiger partial charge < -0.3 is 5.32 Å². The van der Waals surface area contributed by atoms with Gasteiger partial charge >= 0.3 is 6.55 Å². The molecule has 2 rings (SSSR count). The maximum absolute atomic E-state index is 12.5. The number of hydrogen-bond donors (Lipinski definition) is 1. The van der Waals surface area contributed by atoms with E-state index >= 15 is 0 Å². The lowest BCUT2D eigenvalue weighted by atomic mass is 10.1. The molecular weight excluding hydrogens is 212 g/mol. The van der Waals surface area contributed by atoms with Crippen molar-refractivity contribution in [2.75, 3.05) is 0 Å². The highest BCUT2D eigenvalue weighted by atomic mass is 19.3. The summed E-state index contributed by atoms with van der Waals surface area (Å²) in [4.78, 5) is 3.92. The normalized spacial score (nSPS) is 18.0. The van der Waals surface area contributed by atoms with Crippen LogP contribution >= 0.6 is 0 Å². The monoisotopic (exact) mass is 229 g/mol. The molecule has 1 aromatic heterocycles. The molecule has 1 unspecified atom stereocenters. The standard InChI is InChI=1S/C11H17F2N3/c1-8(6-9-2-3-9)15-7-10-14-4-5-16(10)11(12)13/h4-5,8-9,11,15H,2-3,6-7H2,1H3. The van der Waals surface area contributed by atoms with E-state index in [0.717, 1.165) is 16.9 Å². The minimum Gasteiger partial charge on any atom is -0.307 e. The number of nitrogens with one attached hydrogen (secondary N) is 1. The van der Waals surface area contributed by atoms with Gasteiger partial charge in [-0.05, 0) is 19.3 Å². The van der Waals surface area contributed by atoms with Crippen LogP contribution in [0, 0.1) is 5.92 Å². The Bertz CT molecular complexity index is 334. The largest absolute Gasteiger partial charge is 0.319 e. The van der Waals surface area contributed by atoms with Crippen LogP contribution in [0.15, 0.2) is 12.4 Å². The van der Waals surface area contributed by atoms with Gasteiger partial charge in [0.1, 0.15) is 5.82 Å². The quantitative estimate of drug-likeness (QED) is 0.812. The Kier molecular flexibility index (Phi) is 3.53. The topological polar surface area (TPSA) is 29.9 Å². The predicted molar refractivity (Wildman–Crippen MR) is 57.1 cm³/mol. The van der Waals surface area contributed by atoms with E-state index < -0.39 is 6.55 Å². The van der Waals surface area contributed by atoms with E-state index in [9.17, 15) is 8.78 Å². The number of halogens is 2. The molecular formula is C11H17F2N3. The number of alkyl halides is 2. The molecule has 1 N–H and O–H groups in total. The van der Waals surface area contributed by atoms with Crippen LogP contribution in [0.4, 0.5) is 8.78 Å². The zero-order chi connectivity index (χ0) is 11.5. The first kappa shape index (κ1) is 11.5. The first-order chi connectivity index (χ1) is 7.66. The van der Waals surface area contributed by atoms with Gasteiger partial charge in [-0.25, -0.2) is 4.98 Å². The van der Waals surface area contributed by atoms with Crippen LogP contribution in [0.3, 0.4) is 0 Å². The highest BCUT2D eigenvalue weighted by Crippen LogP contribution is 2.33. The average molecular weight is 229 g/mol. The third-order valence-corrected chi connectivity index (χ3v) is 2.95. The first-order valence-corrected chi connectivity index (χ1v) is 5.70. The van der Waals surface area contributed by atoms with Crippen LogP contribution in [0.2, 0.25) is 0 Å². The molecule has 90 valence electrons. The fraction of sp³-hybridized carbons (Fsp3) is 0.727. The maximum atomic E-state index is 12.5. The summed E-state index contributed by atoms with van der Waals surface area (Å²) in [5, 5.41) is 3.23. The molecule has 1 heterocycles. The summed E-state index contributed by atoms with van der Waals surface area (Å²) in [6.45, 7) is -0.00261. The Balaban J connectivity index is 1.81. The molecule has 1 aromatic rings. The molecule has 0 amide bonds. The summed E-state index contributed by atoms with van der Waals surface area (Å²) in [5.74, 6) is 1.25. The van der Waals surface area contributed by atoms with E-state index in [4.69, 9.17) is 0 Å². The van der Waals surface area contributed by atoms with E-state index in [1.54, 1.807) is 0 Å². The number of nitrogens with zero attached hydrogens (tertiary/aromatic N) is 2. The van der Waals surface area contributed by atoms with Crippen molar-refractivity contribution in [1.29, 1.82) is 0 Å². The lowest BCUT2D eigenvalue weighted by Crippen LogP contribution is -2.27. The second kappa shape index (κ2) is 4.91. The van der Waals surface area contributed by atoms with Crippen molar-refractivity contribution < 1.29 is 8.78 Å². The summed E-state index contributed by atoms with van der Waals surface area (Å²) < 4.78 is 25.9.